The van der Waals surface area contributed by atoms with Gasteiger partial charge in [-0.25, -0.2) is 0 Å². The standard InChI is InChI=1S/C14H21N3O2/c1-10-7-12(9-13(8-10)17(18)19)16-6-4-3-5-14(16)11(2)15/h7-9,11,14H,3-6,15H2,1-2H3. The summed E-state index contributed by atoms with van der Waals surface area (Å²) in [5.74, 6) is 0. The summed E-state index contributed by atoms with van der Waals surface area (Å²) in [6, 6.07) is 5.62. The third-order valence-electron chi connectivity index (χ3n) is 3.75. The zero-order chi connectivity index (χ0) is 14.0. The van der Waals surface area contributed by atoms with Crippen molar-refractivity contribution in [3.05, 3.63) is 33.9 Å². The first kappa shape index (κ1) is 13.8. The number of benzene rings is 1. The predicted octanol–water partition coefficient (Wildman–Crippen LogP) is 2.61. The third-order valence-corrected chi connectivity index (χ3v) is 3.75. The molecular formula is C14H21N3O2. The van der Waals surface area contributed by atoms with E-state index in [1.54, 1.807) is 12.1 Å². The molecule has 0 saturated carbocycles. The Hall–Kier alpha value is -1.62. The maximum absolute atomic E-state index is 11.0. The number of nitro benzene ring substituents is 1. The molecule has 1 aliphatic heterocycles. The monoisotopic (exact) mass is 263 g/mol. The second kappa shape index (κ2) is 5.57. The van der Waals surface area contributed by atoms with Gasteiger partial charge in [-0.15, -0.1) is 0 Å². The fraction of sp³-hybridized carbons (Fsp3) is 0.571. The maximum atomic E-state index is 11.0. The number of piperidine rings is 1. The van der Waals surface area contributed by atoms with E-state index in [1.165, 1.54) is 6.42 Å². The van der Waals surface area contributed by atoms with Crippen LogP contribution in [0.1, 0.15) is 31.7 Å². The smallest absolute Gasteiger partial charge is 0.271 e. The number of rotatable bonds is 3. The molecule has 1 aromatic carbocycles. The van der Waals surface area contributed by atoms with Crippen LogP contribution in [0.3, 0.4) is 0 Å². The number of nitrogens with zero attached hydrogens (tertiary/aromatic N) is 2. The van der Waals surface area contributed by atoms with Gasteiger partial charge < -0.3 is 10.6 Å². The van der Waals surface area contributed by atoms with Crippen LogP contribution < -0.4 is 10.6 Å². The Morgan fingerprint density at radius 1 is 1.42 bits per heavy atom. The van der Waals surface area contributed by atoms with Gasteiger partial charge in [-0.05, 0) is 44.7 Å². The molecule has 0 aromatic heterocycles. The first-order valence-corrected chi connectivity index (χ1v) is 6.77. The highest BCUT2D eigenvalue weighted by Gasteiger charge is 2.26. The first-order chi connectivity index (χ1) is 8.99. The highest BCUT2D eigenvalue weighted by Crippen LogP contribution is 2.30. The van der Waals surface area contributed by atoms with E-state index in [-0.39, 0.29) is 22.7 Å². The lowest BCUT2D eigenvalue weighted by Crippen LogP contribution is -2.49. The minimum absolute atomic E-state index is 0.0693. The minimum atomic E-state index is -0.332. The number of nitrogens with two attached hydrogens (primary N) is 1. The van der Waals surface area contributed by atoms with E-state index >= 15 is 0 Å². The fourth-order valence-corrected chi connectivity index (χ4v) is 2.84. The van der Waals surface area contributed by atoms with E-state index in [4.69, 9.17) is 5.73 Å². The van der Waals surface area contributed by atoms with Crippen molar-refractivity contribution in [3.63, 3.8) is 0 Å². The lowest BCUT2D eigenvalue weighted by Gasteiger charge is -2.39. The molecule has 1 fully saturated rings. The zero-order valence-electron chi connectivity index (χ0n) is 11.5. The van der Waals surface area contributed by atoms with Crippen molar-refractivity contribution in [2.24, 2.45) is 5.73 Å². The van der Waals surface area contributed by atoms with Gasteiger partial charge in [0.25, 0.3) is 5.69 Å². The van der Waals surface area contributed by atoms with Crippen LogP contribution in [-0.4, -0.2) is 23.6 Å². The van der Waals surface area contributed by atoms with Gasteiger partial charge in [0.1, 0.15) is 0 Å². The van der Waals surface area contributed by atoms with Crippen LogP contribution >= 0.6 is 0 Å². The Bertz CT molecular complexity index is 474. The summed E-state index contributed by atoms with van der Waals surface area (Å²) >= 11 is 0. The van der Waals surface area contributed by atoms with Crippen LogP contribution in [0.2, 0.25) is 0 Å². The van der Waals surface area contributed by atoms with E-state index in [0.717, 1.165) is 30.6 Å². The quantitative estimate of drug-likeness (QED) is 0.672. The van der Waals surface area contributed by atoms with Crippen molar-refractivity contribution < 1.29 is 4.92 Å². The topological polar surface area (TPSA) is 72.4 Å². The lowest BCUT2D eigenvalue weighted by molar-refractivity contribution is -0.384. The molecule has 0 aliphatic carbocycles. The molecule has 104 valence electrons. The first-order valence-electron chi connectivity index (χ1n) is 6.77. The molecule has 0 bridgehead atoms. The van der Waals surface area contributed by atoms with Crippen molar-refractivity contribution >= 4 is 11.4 Å². The van der Waals surface area contributed by atoms with Crippen LogP contribution in [0, 0.1) is 17.0 Å². The lowest BCUT2D eigenvalue weighted by atomic mass is 9.96. The molecule has 19 heavy (non-hydrogen) atoms. The highest BCUT2D eigenvalue weighted by atomic mass is 16.6. The molecule has 0 amide bonds. The average molecular weight is 263 g/mol. The molecule has 2 N–H and O–H groups in total. The summed E-state index contributed by atoms with van der Waals surface area (Å²) in [5.41, 5.74) is 8.05. The van der Waals surface area contributed by atoms with Crippen LogP contribution in [-0.2, 0) is 0 Å². The van der Waals surface area contributed by atoms with Gasteiger partial charge in [-0.1, -0.05) is 0 Å². The van der Waals surface area contributed by atoms with Gasteiger partial charge in [-0.2, -0.15) is 0 Å². The van der Waals surface area contributed by atoms with E-state index < -0.39 is 0 Å². The van der Waals surface area contributed by atoms with Crippen LogP contribution in [0.5, 0.6) is 0 Å². The van der Waals surface area contributed by atoms with E-state index in [0.29, 0.717) is 0 Å². The predicted molar refractivity (Wildman–Crippen MR) is 76.5 cm³/mol. The molecule has 1 aliphatic rings. The number of hydrogen-bond acceptors (Lipinski definition) is 4. The summed E-state index contributed by atoms with van der Waals surface area (Å²) in [6.45, 7) is 4.82. The SMILES string of the molecule is Cc1cc(N2CCCCC2C(C)N)cc([N+](=O)[O-])c1. The minimum Gasteiger partial charge on any atom is -0.367 e. The molecule has 0 spiro atoms. The number of aryl methyl sites for hydroxylation is 1. The van der Waals surface area contributed by atoms with Crippen molar-refractivity contribution in [1.82, 2.24) is 0 Å². The van der Waals surface area contributed by atoms with Crippen molar-refractivity contribution in [3.8, 4) is 0 Å². The number of nitro groups is 1. The van der Waals surface area contributed by atoms with Gasteiger partial charge in [0.05, 0.1) is 4.92 Å². The normalized spacial score (nSPS) is 21.2. The molecule has 5 heteroatoms. The molecule has 5 nitrogen and oxygen atoms in total. The Morgan fingerprint density at radius 3 is 2.79 bits per heavy atom. The summed E-state index contributed by atoms with van der Waals surface area (Å²) in [6.07, 6.45) is 3.35. The molecule has 1 saturated heterocycles. The molecule has 1 heterocycles. The Labute approximate surface area is 113 Å². The van der Waals surface area contributed by atoms with Crippen molar-refractivity contribution in [2.45, 2.75) is 45.2 Å². The van der Waals surface area contributed by atoms with Gasteiger partial charge in [0.15, 0.2) is 0 Å². The summed E-state index contributed by atoms with van der Waals surface area (Å²) in [4.78, 5) is 12.9. The molecule has 2 atom stereocenters. The van der Waals surface area contributed by atoms with Crippen molar-refractivity contribution in [1.29, 1.82) is 0 Å². The molecular weight excluding hydrogens is 242 g/mol. The number of anilines is 1. The van der Waals surface area contributed by atoms with E-state index in [2.05, 4.69) is 4.90 Å². The van der Waals surface area contributed by atoms with Crippen LogP contribution in [0.15, 0.2) is 18.2 Å². The number of non-ortho nitro benzene ring substituents is 1. The van der Waals surface area contributed by atoms with Crippen LogP contribution in [0.4, 0.5) is 11.4 Å². The second-order valence-electron chi connectivity index (χ2n) is 5.40. The fourth-order valence-electron chi connectivity index (χ4n) is 2.84. The van der Waals surface area contributed by atoms with Gasteiger partial charge in [0, 0.05) is 36.4 Å². The Balaban J connectivity index is 2.35. The second-order valence-corrected chi connectivity index (χ2v) is 5.40. The Kier molecular flexibility index (Phi) is 4.04. The highest BCUT2D eigenvalue weighted by molar-refractivity contribution is 5.56. The van der Waals surface area contributed by atoms with E-state index in [9.17, 15) is 10.1 Å². The molecule has 2 rings (SSSR count). The maximum Gasteiger partial charge on any atom is 0.271 e. The summed E-state index contributed by atoms with van der Waals surface area (Å²) in [5, 5.41) is 11.0. The summed E-state index contributed by atoms with van der Waals surface area (Å²) in [7, 11) is 0. The number of hydrogen-bond donors (Lipinski definition) is 1. The van der Waals surface area contributed by atoms with Crippen molar-refractivity contribution in [2.75, 3.05) is 11.4 Å². The summed E-state index contributed by atoms with van der Waals surface area (Å²) < 4.78 is 0. The van der Waals surface area contributed by atoms with Gasteiger partial charge >= 0.3 is 0 Å². The average Bonchev–Trinajstić information content (AvgIpc) is 2.37. The molecule has 0 radical (unpaired) electrons. The largest absolute Gasteiger partial charge is 0.367 e. The van der Waals surface area contributed by atoms with Crippen LogP contribution in [0.25, 0.3) is 0 Å². The van der Waals surface area contributed by atoms with Gasteiger partial charge in [0.2, 0.25) is 0 Å². The molecule has 1 aromatic rings. The van der Waals surface area contributed by atoms with Gasteiger partial charge in [-0.3, -0.25) is 10.1 Å². The van der Waals surface area contributed by atoms with E-state index in [1.807, 2.05) is 19.9 Å². The zero-order valence-corrected chi connectivity index (χ0v) is 11.5. The Morgan fingerprint density at radius 2 is 2.16 bits per heavy atom. The third kappa shape index (κ3) is 3.04. The molecule has 2 unspecified atom stereocenters.